The summed E-state index contributed by atoms with van der Waals surface area (Å²) in [6.45, 7) is 3.15. The van der Waals surface area contributed by atoms with Crippen molar-refractivity contribution in [3.05, 3.63) is 58.3 Å². The summed E-state index contributed by atoms with van der Waals surface area (Å²) in [5.41, 5.74) is 1.21. The van der Waals surface area contributed by atoms with Gasteiger partial charge in [0.05, 0.1) is 4.88 Å². The number of nitrogens with one attached hydrogen (secondary N) is 2. The Morgan fingerprint density at radius 2 is 1.81 bits per heavy atom. The Bertz CT molecular complexity index is 747. The molecule has 1 aromatic carbocycles. The quantitative estimate of drug-likeness (QED) is 0.647. The van der Waals surface area contributed by atoms with Crippen LogP contribution in [0.1, 0.15) is 35.5 Å². The third kappa shape index (κ3) is 7.22. The van der Waals surface area contributed by atoms with Crippen LogP contribution in [-0.4, -0.2) is 36.5 Å². The lowest BCUT2D eigenvalue weighted by atomic mass is 10.1. The topological polar surface area (TPSA) is 84.5 Å². The maximum atomic E-state index is 12.2. The van der Waals surface area contributed by atoms with E-state index in [4.69, 9.17) is 4.74 Å². The van der Waals surface area contributed by atoms with Crippen molar-refractivity contribution in [2.45, 2.75) is 38.8 Å². The van der Waals surface area contributed by atoms with E-state index in [1.54, 1.807) is 17.5 Å². The molecule has 2 amide bonds. The number of rotatable bonds is 9. The molecule has 0 fully saturated rings. The minimum Gasteiger partial charge on any atom is -0.451 e. The van der Waals surface area contributed by atoms with Crippen molar-refractivity contribution in [1.82, 2.24) is 10.6 Å². The van der Waals surface area contributed by atoms with Crippen molar-refractivity contribution in [3.8, 4) is 0 Å². The number of amides is 2. The summed E-state index contributed by atoms with van der Waals surface area (Å²) in [6, 6.07) is 13.4. The molecule has 0 saturated carbocycles. The number of benzene rings is 1. The highest BCUT2D eigenvalue weighted by atomic mass is 32.1. The average molecular weight is 388 g/mol. The van der Waals surface area contributed by atoms with Crippen molar-refractivity contribution in [1.29, 1.82) is 0 Å². The second kappa shape index (κ2) is 10.5. The second-order valence-electron chi connectivity index (χ2n) is 6.23. The lowest BCUT2D eigenvalue weighted by molar-refractivity contribution is -0.154. The first kappa shape index (κ1) is 20.6. The van der Waals surface area contributed by atoms with Crippen LogP contribution in [0.3, 0.4) is 0 Å². The maximum Gasteiger partial charge on any atom is 0.326 e. The van der Waals surface area contributed by atoms with Gasteiger partial charge in [-0.1, -0.05) is 36.4 Å². The first-order valence-corrected chi connectivity index (χ1v) is 9.69. The fourth-order valence-electron chi connectivity index (χ4n) is 2.40. The molecule has 0 aliphatic carbocycles. The first-order chi connectivity index (χ1) is 13.0. The number of hydrogen-bond donors (Lipinski definition) is 2. The van der Waals surface area contributed by atoms with E-state index in [0.29, 0.717) is 4.88 Å². The third-order valence-electron chi connectivity index (χ3n) is 3.91. The second-order valence-corrected chi connectivity index (χ2v) is 7.17. The van der Waals surface area contributed by atoms with Crippen LogP contribution in [0.5, 0.6) is 0 Å². The molecule has 0 saturated heterocycles. The molecular weight excluding hydrogens is 364 g/mol. The largest absolute Gasteiger partial charge is 0.451 e. The Balaban J connectivity index is 1.67. The molecule has 0 radical (unpaired) electrons. The highest BCUT2D eigenvalue weighted by Crippen LogP contribution is 2.08. The zero-order chi connectivity index (χ0) is 19.6. The highest BCUT2D eigenvalue weighted by Gasteiger charge is 2.20. The van der Waals surface area contributed by atoms with Gasteiger partial charge in [-0.25, -0.2) is 0 Å². The zero-order valence-corrected chi connectivity index (χ0v) is 16.3. The minimum atomic E-state index is -0.921. The molecule has 0 spiro atoms. The lowest BCUT2D eigenvalue weighted by Crippen LogP contribution is -2.42. The Hall–Kier alpha value is -2.67. The summed E-state index contributed by atoms with van der Waals surface area (Å²) >= 11 is 1.28. The van der Waals surface area contributed by atoms with Gasteiger partial charge in [0.25, 0.3) is 11.8 Å². The Labute approximate surface area is 162 Å². The molecule has 2 rings (SSSR count). The fourth-order valence-corrected chi connectivity index (χ4v) is 3.04. The molecular formula is C20H24N2O4S. The number of aryl methyl sites for hydroxylation is 1. The summed E-state index contributed by atoms with van der Waals surface area (Å²) in [4.78, 5) is 36.3. The number of esters is 1. The van der Waals surface area contributed by atoms with E-state index >= 15 is 0 Å². The van der Waals surface area contributed by atoms with Crippen LogP contribution in [0, 0.1) is 0 Å². The molecule has 2 N–H and O–H groups in total. The van der Waals surface area contributed by atoms with Gasteiger partial charge >= 0.3 is 5.97 Å². The van der Waals surface area contributed by atoms with Crippen molar-refractivity contribution < 1.29 is 19.1 Å². The lowest BCUT2D eigenvalue weighted by Gasteiger charge is -2.18. The number of ether oxygens (including phenoxy) is 1. The summed E-state index contributed by atoms with van der Waals surface area (Å²) in [5.74, 6) is -1.35. The van der Waals surface area contributed by atoms with Crippen LogP contribution >= 0.6 is 11.3 Å². The van der Waals surface area contributed by atoms with E-state index in [9.17, 15) is 14.4 Å². The van der Waals surface area contributed by atoms with E-state index in [1.165, 1.54) is 23.8 Å². The molecule has 0 aliphatic heterocycles. The van der Waals surface area contributed by atoms with E-state index in [2.05, 4.69) is 10.6 Å². The van der Waals surface area contributed by atoms with Gasteiger partial charge in [-0.15, -0.1) is 11.3 Å². The van der Waals surface area contributed by atoms with Gasteiger partial charge in [0.15, 0.2) is 6.10 Å². The summed E-state index contributed by atoms with van der Waals surface area (Å²) in [5, 5.41) is 7.09. The molecule has 1 heterocycles. The highest BCUT2D eigenvalue weighted by molar-refractivity contribution is 7.12. The van der Waals surface area contributed by atoms with Crippen molar-refractivity contribution in [3.63, 3.8) is 0 Å². The molecule has 2 atom stereocenters. The minimum absolute atomic E-state index is 0.0441. The van der Waals surface area contributed by atoms with E-state index in [1.807, 2.05) is 37.3 Å². The molecule has 6 nitrogen and oxygen atoms in total. The molecule has 144 valence electrons. The smallest absolute Gasteiger partial charge is 0.326 e. The average Bonchev–Trinajstić information content (AvgIpc) is 3.20. The summed E-state index contributed by atoms with van der Waals surface area (Å²) in [6.07, 6.45) is 0.716. The van der Waals surface area contributed by atoms with Crippen molar-refractivity contribution in [2.75, 3.05) is 6.54 Å². The number of carbonyl (C=O) groups is 3. The predicted octanol–water partition coefficient (Wildman–Crippen LogP) is 2.55. The van der Waals surface area contributed by atoms with Crippen molar-refractivity contribution >= 4 is 29.1 Å². The van der Waals surface area contributed by atoms with Gasteiger partial charge in [-0.2, -0.15) is 0 Å². The number of carbonyl (C=O) groups excluding carboxylic acids is 3. The number of hydrogen-bond acceptors (Lipinski definition) is 5. The SMILES string of the molecule is C[C@H](CCc1ccccc1)NC(=O)[C@@H](C)OC(=O)CNC(=O)c1cccs1. The number of thiophene rings is 1. The van der Waals surface area contributed by atoms with Crippen LogP contribution in [0.2, 0.25) is 0 Å². The van der Waals surface area contributed by atoms with Crippen LogP contribution in [-0.2, 0) is 20.7 Å². The normalized spacial score (nSPS) is 12.7. The third-order valence-corrected chi connectivity index (χ3v) is 4.78. The summed E-state index contributed by atoms with van der Waals surface area (Å²) in [7, 11) is 0. The fraction of sp³-hybridized carbons (Fsp3) is 0.350. The predicted molar refractivity (Wildman–Crippen MR) is 105 cm³/mol. The molecule has 1 aromatic heterocycles. The Kier molecular flexibility index (Phi) is 8.00. The van der Waals surface area contributed by atoms with Gasteiger partial charge in [-0.3, -0.25) is 14.4 Å². The molecule has 7 heteroatoms. The summed E-state index contributed by atoms with van der Waals surface area (Å²) < 4.78 is 5.08. The van der Waals surface area contributed by atoms with E-state index in [0.717, 1.165) is 12.8 Å². The first-order valence-electron chi connectivity index (χ1n) is 8.81. The molecule has 0 bridgehead atoms. The van der Waals surface area contributed by atoms with Crippen LogP contribution in [0.4, 0.5) is 0 Å². The van der Waals surface area contributed by atoms with Crippen LogP contribution in [0.25, 0.3) is 0 Å². The van der Waals surface area contributed by atoms with Crippen molar-refractivity contribution in [2.24, 2.45) is 0 Å². The van der Waals surface area contributed by atoms with Gasteiger partial charge in [0, 0.05) is 6.04 Å². The van der Waals surface area contributed by atoms with E-state index < -0.39 is 12.1 Å². The van der Waals surface area contributed by atoms with Gasteiger partial charge < -0.3 is 15.4 Å². The molecule has 0 aliphatic rings. The molecule has 2 aromatic rings. The van der Waals surface area contributed by atoms with Gasteiger partial charge in [-0.05, 0) is 43.7 Å². The van der Waals surface area contributed by atoms with Crippen LogP contribution in [0.15, 0.2) is 47.8 Å². The van der Waals surface area contributed by atoms with Crippen LogP contribution < -0.4 is 10.6 Å². The standard InChI is InChI=1S/C20H24N2O4S/c1-14(10-11-16-7-4-3-5-8-16)22-19(24)15(2)26-18(23)13-21-20(25)17-9-6-12-27-17/h3-9,12,14-15H,10-11,13H2,1-2H3,(H,21,25)(H,22,24)/t14-,15-/m1/s1. The Morgan fingerprint density at radius 1 is 1.07 bits per heavy atom. The van der Waals surface area contributed by atoms with Gasteiger partial charge in [0.1, 0.15) is 6.54 Å². The Morgan fingerprint density at radius 3 is 2.48 bits per heavy atom. The monoisotopic (exact) mass is 388 g/mol. The zero-order valence-electron chi connectivity index (χ0n) is 15.4. The molecule has 0 unspecified atom stereocenters. The maximum absolute atomic E-state index is 12.2. The van der Waals surface area contributed by atoms with Gasteiger partial charge in [0.2, 0.25) is 0 Å². The van der Waals surface area contributed by atoms with E-state index in [-0.39, 0.29) is 24.4 Å². The molecule has 27 heavy (non-hydrogen) atoms.